The monoisotopic (exact) mass is 592 g/mol. The van der Waals surface area contributed by atoms with Gasteiger partial charge in [0.25, 0.3) is 0 Å². The van der Waals surface area contributed by atoms with Gasteiger partial charge in [0.15, 0.2) is 0 Å². The van der Waals surface area contributed by atoms with Gasteiger partial charge in [-0.1, -0.05) is 105 Å². The van der Waals surface area contributed by atoms with E-state index in [0.717, 1.165) is 50.5 Å². The lowest BCUT2D eigenvalue weighted by Gasteiger charge is -2.32. The molecule has 0 saturated carbocycles. The van der Waals surface area contributed by atoms with Crippen LogP contribution in [0.5, 0.6) is 0 Å². The van der Waals surface area contributed by atoms with Crippen LogP contribution in [0.1, 0.15) is 65.0 Å². The summed E-state index contributed by atoms with van der Waals surface area (Å²) in [7, 11) is -0.488. The summed E-state index contributed by atoms with van der Waals surface area (Å²) in [5, 5.41) is 2.24. The SMILES string of the molecule is CCC(C)c1ccccc1-c1cccc(-c2cc(B3OC(C)(C)C(C)(C)O3)cc(-c3cccc4c3oc3ccccc34)c2)c1C. The van der Waals surface area contributed by atoms with E-state index in [4.69, 9.17) is 13.7 Å². The van der Waals surface area contributed by atoms with Crippen molar-refractivity contribution in [3.05, 3.63) is 114 Å². The second kappa shape index (κ2) is 11.0. The Hall–Kier alpha value is -4.12. The summed E-state index contributed by atoms with van der Waals surface area (Å²) in [5.41, 5.74) is 11.6. The molecule has 4 heteroatoms. The second-order valence-corrected chi connectivity index (χ2v) is 13.6. The Bertz CT molecular complexity index is 2030. The lowest BCUT2D eigenvalue weighted by molar-refractivity contribution is 0.00578. The van der Waals surface area contributed by atoms with E-state index >= 15 is 0 Å². The van der Waals surface area contributed by atoms with Crippen LogP contribution < -0.4 is 5.46 Å². The van der Waals surface area contributed by atoms with Crippen LogP contribution in [0.3, 0.4) is 0 Å². The number of hydrogen-bond donors (Lipinski definition) is 0. The van der Waals surface area contributed by atoms with Gasteiger partial charge < -0.3 is 13.7 Å². The predicted molar refractivity (Wildman–Crippen MR) is 189 cm³/mol. The zero-order chi connectivity index (χ0) is 31.5. The minimum atomic E-state index is -0.488. The van der Waals surface area contributed by atoms with Gasteiger partial charge in [0.05, 0.1) is 11.2 Å². The Labute approximate surface area is 267 Å². The largest absolute Gasteiger partial charge is 0.494 e. The average Bonchev–Trinajstić information content (AvgIpc) is 3.53. The quantitative estimate of drug-likeness (QED) is 0.180. The third-order valence-corrected chi connectivity index (χ3v) is 10.2. The molecule has 0 radical (unpaired) electrons. The van der Waals surface area contributed by atoms with Gasteiger partial charge in [0.1, 0.15) is 11.2 Å². The minimum Gasteiger partial charge on any atom is -0.455 e. The lowest BCUT2D eigenvalue weighted by Crippen LogP contribution is -2.41. The zero-order valence-electron chi connectivity index (χ0n) is 27.4. The standard InChI is InChI=1S/C41H41BO3/c1-8-26(2)31-15-9-10-16-35(31)33-19-13-18-32(27(33)3)28-23-29(25-30(24-28)42-44-40(4,5)41(6,7)45-42)34-20-14-21-37-36-17-11-12-22-38(36)43-39(34)37/h9-26H,8H2,1-7H3. The van der Waals surface area contributed by atoms with Gasteiger partial charge in [-0.15, -0.1) is 0 Å². The molecule has 1 unspecified atom stereocenters. The molecular formula is C41H41BO3. The molecule has 7 rings (SSSR count). The summed E-state index contributed by atoms with van der Waals surface area (Å²) in [6, 6.07) is 37.0. The second-order valence-electron chi connectivity index (χ2n) is 13.6. The molecule has 1 atom stereocenters. The molecule has 226 valence electrons. The van der Waals surface area contributed by atoms with E-state index in [0.29, 0.717) is 5.92 Å². The molecule has 1 aromatic heterocycles. The summed E-state index contributed by atoms with van der Waals surface area (Å²) in [5.74, 6) is 0.479. The number of furan rings is 1. The summed E-state index contributed by atoms with van der Waals surface area (Å²) in [6.45, 7) is 15.3. The van der Waals surface area contributed by atoms with Gasteiger partial charge in [0, 0.05) is 16.3 Å². The Balaban J connectivity index is 1.44. The normalized spacial score (nSPS) is 16.5. The first kappa shape index (κ1) is 29.6. The molecule has 5 aromatic carbocycles. The number of benzene rings is 5. The Kier molecular flexibility index (Phi) is 7.26. The van der Waals surface area contributed by atoms with Crippen molar-refractivity contribution >= 4 is 34.5 Å². The van der Waals surface area contributed by atoms with Gasteiger partial charge in [-0.25, -0.2) is 0 Å². The molecule has 1 aliphatic heterocycles. The molecule has 0 amide bonds. The highest BCUT2D eigenvalue weighted by atomic mass is 16.7. The van der Waals surface area contributed by atoms with Crippen molar-refractivity contribution < 1.29 is 13.7 Å². The summed E-state index contributed by atoms with van der Waals surface area (Å²) in [4.78, 5) is 0. The maximum Gasteiger partial charge on any atom is 0.494 e. The maximum absolute atomic E-state index is 6.60. The molecule has 1 aliphatic rings. The lowest BCUT2D eigenvalue weighted by atomic mass is 9.75. The minimum absolute atomic E-state index is 0.442. The first-order valence-corrected chi connectivity index (χ1v) is 16.2. The van der Waals surface area contributed by atoms with Crippen LogP contribution in [-0.4, -0.2) is 18.3 Å². The van der Waals surface area contributed by atoms with Crippen molar-refractivity contribution in [3.63, 3.8) is 0 Å². The first-order valence-electron chi connectivity index (χ1n) is 16.2. The molecule has 0 aliphatic carbocycles. The molecule has 2 heterocycles. The smallest absolute Gasteiger partial charge is 0.455 e. The van der Waals surface area contributed by atoms with Crippen molar-refractivity contribution in [1.29, 1.82) is 0 Å². The summed E-state index contributed by atoms with van der Waals surface area (Å²) in [6.07, 6.45) is 1.10. The molecule has 1 saturated heterocycles. The number of hydrogen-bond acceptors (Lipinski definition) is 3. The number of para-hydroxylation sites is 2. The van der Waals surface area contributed by atoms with E-state index in [1.54, 1.807) is 0 Å². The number of rotatable bonds is 6. The van der Waals surface area contributed by atoms with E-state index in [1.807, 2.05) is 12.1 Å². The van der Waals surface area contributed by atoms with Crippen LogP contribution in [0.25, 0.3) is 55.3 Å². The van der Waals surface area contributed by atoms with Crippen molar-refractivity contribution in [3.8, 4) is 33.4 Å². The molecule has 1 fully saturated rings. The van der Waals surface area contributed by atoms with E-state index in [1.165, 1.54) is 27.8 Å². The van der Waals surface area contributed by atoms with Crippen molar-refractivity contribution in [2.75, 3.05) is 0 Å². The molecular weight excluding hydrogens is 551 g/mol. The van der Waals surface area contributed by atoms with Crippen molar-refractivity contribution in [1.82, 2.24) is 0 Å². The van der Waals surface area contributed by atoms with E-state index < -0.39 is 18.3 Å². The third kappa shape index (κ3) is 5.01. The van der Waals surface area contributed by atoms with E-state index in [2.05, 4.69) is 139 Å². The molecule has 0 N–H and O–H groups in total. The van der Waals surface area contributed by atoms with Gasteiger partial charge in [-0.2, -0.15) is 0 Å². The van der Waals surface area contributed by atoms with Gasteiger partial charge in [-0.05, 0) is 103 Å². The van der Waals surface area contributed by atoms with Crippen LogP contribution in [-0.2, 0) is 9.31 Å². The fraction of sp³-hybridized carbons (Fsp3) is 0.268. The Morgan fingerprint density at radius 2 is 1.22 bits per heavy atom. The van der Waals surface area contributed by atoms with E-state index in [9.17, 15) is 0 Å². The summed E-state index contributed by atoms with van der Waals surface area (Å²) < 4.78 is 19.7. The van der Waals surface area contributed by atoms with Crippen molar-refractivity contribution in [2.45, 2.75) is 72.0 Å². The number of fused-ring (bicyclic) bond motifs is 3. The predicted octanol–water partition coefficient (Wildman–Crippen LogP) is 10.7. The molecule has 45 heavy (non-hydrogen) atoms. The van der Waals surface area contributed by atoms with Gasteiger partial charge >= 0.3 is 7.12 Å². The zero-order valence-corrected chi connectivity index (χ0v) is 27.4. The van der Waals surface area contributed by atoms with Crippen LogP contribution in [0.2, 0.25) is 0 Å². The van der Waals surface area contributed by atoms with Gasteiger partial charge in [0.2, 0.25) is 0 Å². The fourth-order valence-corrected chi connectivity index (χ4v) is 6.68. The Morgan fingerprint density at radius 3 is 1.98 bits per heavy atom. The van der Waals surface area contributed by atoms with Crippen LogP contribution in [0, 0.1) is 6.92 Å². The first-order chi connectivity index (χ1) is 21.6. The van der Waals surface area contributed by atoms with Crippen LogP contribution in [0.4, 0.5) is 0 Å². The maximum atomic E-state index is 6.60. The highest BCUT2D eigenvalue weighted by molar-refractivity contribution is 6.62. The van der Waals surface area contributed by atoms with Crippen LogP contribution >= 0.6 is 0 Å². The fourth-order valence-electron chi connectivity index (χ4n) is 6.68. The topological polar surface area (TPSA) is 31.6 Å². The third-order valence-electron chi connectivity index (χ3n) is 10.2. The van der Waals surface area contributed by atoms with Gasteiger partial charge in [-0.3, -0.25) is 0 Å². The highest BCUT2D eigenvalue weighted by Crippen LogP contribution is 2.41. The molecule has 0 spiro atoms. The summed E-state index contributed by atoms with van der Waals surface area (Å²) >= 11 is 0. The average molecular weight is 593 g/mol. The van der Waals surface area contributed by atoms with Crippen molar-refractivity contribution in [2.24, 2.45) is 0 Å². The van der Waals surface area contributed by atoms with E-state index in [-0.39, 0.29) is 0 Å². The highest BCUT2D eigenvalue weighted by Gasteiger charge is 2.51. The molecule has 3 nitrogen and oxygen atoms in total. The van der Waals surface area contributed by atoms with Crippen LogP contribution in [0.15, 0.2) is 108 Å². The molecule has 6 aromatic rings. The Morgan fingerprint density at radius 1 is 0.644 bits per heavy atom. The molecule has 0 bridgehead atoms.